The molecule has 0 spiro atoms. The van der Waals surface area contributed by atoms with Crippen molar-refractivity contribution in [3.8, 4) is 0 Å². The highest BCUT2D eigenvalue weighted by Gasteiger charge is 2.19. The summed E-state index contributed by atoms with van der Waals surface area (Å²) in [6, 6.07) is 2.61. The predicted molar refractivity (Wildman–Crippen MR) is 57.2 cm³/mol. The number of hydrogen-bond donors (Lipinski definition) is 0. The van der Waals surface area contributed by atoms with E-state index in [4.69, 9.17) is 0 Å². The van der Waals surface area contributed by atoms with E-state index in [1.165, 1.54) is 12.1 Å². The average Bonchev–Trinajstić information content (AvgIpc) is 2.21. The first kappa shape index (κ1) is 10.4. The van der Waals surface area contributed by atoms with Crippen LogP contribution in [0.4, 0.5) is 8.78 Å². The summed E-state index contributed by atoms with van der Waals surface area (Å²) in [5.41, 5.74) is 1.71. The summed E-state index contributed by atoms with van der Waals surface area (Å²) < 4.78 is 25.9. The van der Waals surface area contributed by atoms with E-state index in [1.807, 2.05) is 0 Å². The van der Waals surface area contributed by atoms with Gasteiger partial charge in [-0.2, -0.15) is 0 Å². The van der Waals surface area contributed by atoms with Gasteiger partial charge in [0.2, 0.25) is 0 Å². The van der Waals surface area contributed by atoms with Gasteiger partial charge in [0.15, 0.2) is 11.6 Å². The minimum absolute atomic E-state index is 0.0693. The molecule has 1 nitrogen and oxygen atoms in total. The molecule has 1 aliphatic rings. The van der Waals surface area contributed by atoms with Crippen molar-refractivity contribution >= 4 is 17.4 Å². The van der Waals surface area contributed by atoms with Crippen LogP contribution in [0.25, 0.3) is 0 Å². The average molecular weight is 225 g/mol. The van der Waals surface area contributed by atoms with Crippen LogP contribution in [0.15, 0.2) is 17.1 Å². The fourth-order valence-electron chi connectivity index (χ4n) is 1.91. The lowest BCUT2D eigenvalue weighted by Crippen LogP contribution is -2.17. The third-order valence-corrected chi connectivity index (χ3v) is 2.79. The number of isothiocyanates is 1. The van der Waals surface area contributed by atoms with Gasteiger partial charge in [0.1, 0.15) is 0 Å². The first-order valence-electron chi connectivity index (χ1n) is 4.74. The van der Waals surface area contributed by atoms with E-state index in [0.29, 0.717) is 6.42 Å². The van der Waals surface area contributed by atoms with Crippen LogP contribution in [0, 0.1) is 11.6 Å². The molecule has 0 saturated carbocycles. The Morgan fingerprint density at radius 3 is 2.60 bits per heavy atom. The van der Waals surface area contributed by atoms with Gasteiger partial charge < -0.3 is 0 Å². The second-order valence-corrected chi connectivity index (χ2v) is 3.83. The van der Waals surface area contributed by atoms with Gasteiger partial charge in [-0.25, -0.2) is 13.8 Å². The first-order valence-corrected chi connectivity index (χ1v) is 5.15. The van der Waals surface area contributed by atoms with E-state index in [1.54, 1.807) is 0 Å². The largest absolute Gasteiger partial charge is 0.229 e. The Morgan fingerprint density at radius 2 is 1.93 bits per heavy atom. The maximum Gasteiger partial charge on any atom is 0.159 e. The van der Waals surface area contributed by atoms with Gasteiger partial charge >= 0.3 is 0 Å². The molecule has 0 heterocycles. The molecule has 0 bridgehead atoms. The van der Waals surface area contributed by atoms with Crippen LogP contribution in [0.2, 0.25) is 0 Å². The number of halogens is 2. The van der Waals surface area contributed by atoms with Crippen molar-refractivity contribution in [2.24, 2.45) is 4.99 Å². The molecule has 15 heavy (non-hydrogen) atoms. The van der Waals surface area contributed by atoms with E-state index < -0.39 is 11.6 Å². The zero-order chi connectivity index (χ0) is 10.8. The van der Waals surface area contributed by atoms with Crippen molar-refractivity contribution < 1.29 is 8.78 Å². The second kappa shape index (κ2) is 4.17. The lowest BCUT2D eigenvalue weighted by molar-refractivity contribution is 0.496. The molecule has 1 aliphatic carbocycles. The highest BCUT2D eigenvalue weighted by molar-refractivity contribution is 7.78. The summed E-state index contributed by atoms with van der Waals surface area (Å²) in [7, 11) is 0. The molecule has 1 atom stereocenters. The molecule has 1 unspecified atom stereocenters. The molecule has 1 aromatic carbocycles. The molecule has 1 aromatic rings. The normalized spacial score (nSPS) is 19.2. The molecule has 0 aliphatic heterocycles. The first-order chi connectivity index (χ1) is 7.20. The minimum Gasteiger partial charge on any atom is -0.229 e. The Morgan fingerprint density at radius 1 is 1.27 bits per heavy atom. The van der Waals surface area contributed by atoms with Crippen LogP contribution in [0.5, 0.6) is 0 Å². The minimum atomic E-state index is -0.791. The Kier molecular flexibility index (Phi) is 2.89. The van der Waals surface area contributed by atoms with Gasteiger partial charge in [0.05, 0.1) is 11.2 Å². The van der Waals surface area contributed by atoms with Crippen molar-refractivity contribution in [1.29, 1.82) is 0 Å². The Balaban J connectivity index is 2.33. The van der Waals surface area contributed by atoms with Crippen LogP contribution in [0.3, 0.4) is 0 Å². The molecule has 0 fully saturated rings. The van der Waals surface area contributed by atoms with Crippen LogP contribution in [-0.4, -0.2) is 11.2 Å². The van der Waals surface area contributed by atoms with Gasteiger partial charge in [-0.3, -0.25) is 0 Å². The van der Waals surface area contributed by atoms with E-state index >= 15 is 0 Å². The summed E-state index contributed by atoms with van der Waals surface area (Å²) in [5.74, 6) is -1.56. The number of nitrogens with zero attached hydrogens (tertiary/aromatic N) is 1. The van der Waals surface area contributed by atoms with Crippen LogP contribution >= 0.6 is 12.2 Å². The molecule has 0 aromatic heterocycles. The molecule has 0 N–H and O–H groups in total. The lowest BCUT2D eigenvalue weighted by atomic mass is 9.88. The fourth-order valence-corrected chi connectivity index (χ4v) is 2.06. The maximum absolute atomic E-state index is 13.0. The zero-order valence-corrected chi connectivity index (χ0v) is 8.78. The molecular formula is C11H9F2NS. The number of aliphatic imine (C=N–C) groups is 1. The van der Waals surface area contributed by atoms with Crippen LogP contribution in [0.1, 0.15) is 17.5 Å². The second-order valence-electron chi connectivity index (χ2n) is 3.65. The number of thiocarbonyl (C=S) groups is 1. The van der Waals surface area contributed by atoms with Crippen molar-refractivity contribution in [2.45, 2.75) is 25.3 Å². The van der Waals surface area contributed by atoms with E-state index in [9.17, 15) is 8.78 Å². The third-order valence-electron chi connectivity index (χ3n) is 2.68. The van der Waals surface area contributed by atoms with Gasteiger partial charge in [-0.1, -0.05) is 0 Å². The van der Waals surface area contributed by atoms with Gasteiger partial charge in [0.25, 0.3) is 0 Å². The van der Waals surface area contributed by atoms with Gasteiger partial charge in [0, 0.05) is 0 Å². The smallest absolute Gasteiger partial charge is 0.159 e. The van der Waals surface area contributed by atoms with Crippen molar-refractivity contribution in [1.82, 2.24) is 0 Å². The quantitative estimate of drug-likeness (QED) is 0.528. The number of hydrogen-bond acceptors (Lipinski definition) is 2. The summed E-state index contributed by atoms with van der Waals surface area (Å²) >= 11 is 4.53. The summed E-state index contributed by atoms with van der Waals surface area (Å²) in [6.45, 7) is 0. The fraction of sp³-hybridized carbons (Fsp3) is 0.364. The zero-order valence-electron chi connectivity index (χ0n) is 7.96. The molecule has 0 radical (unpaired) electrons. The van der Waals surface area contributed by atoms with Crippen LogP contribution in [-0.2, 0) is 12.8 Å². The topological polar surface area (TPSA) is 12.4 Å². The summed E-state index contributed by atoms with van der Waals surface area (Å²) in [4.78, 5) is 3.98. The molecule has 78 valence electrons. The van der Waals surface area contributed by atoms with Crippen LogP contribution < -0.4 is 0 Å². The molecule has 0 saturated heterocycles. The summed E-state index contributed by atoms with van der Waals surface area (Å²) in [6.07, 6.45) is 2.16. The Hall–Kier alpha value is -1.12. The standard InChI is InChI=1S/C11H9F2NS/c12-10-4-7-1-2-9(14-6-15)3-8(7)5-11(10)13/h4-5,9H,1-3H2. The van der Waals surface area contributed by atoms with E-state index in [0.717, 1.165) is 24.0 Å². The lowest BCUT2D eigenvalue weighted by Gasteiger charge is -2.20. The molecule has 4 heteroatoms. The van der Waals surface area contributed by atoms with E-state index in [2.05, 4.69) is 22.4 Å². The summed E-state index contributed by atoms with van der Waals surface area (Å²) in [5, 5.41) is 2.33. The van der Waals surface area contributed by atoms with Crippen molar-refractivity contribution in [3.63, 3.8) is 0 Å². The van der Waals surface area contributed by atoms with Gasteiger partial charge in [-0.15, -0.1) is 0 Å². The number of rotatable bonds is 1. The SMILES string of the molecule is Fc1cc2c(cc1F)CC(N=C=S)CC2. The number of benzene rings is 1. The monoisotopic (exact) mass is 225 g/mol. The predicted octanol–water partition coefficient (Wildman–Crippen LogP) is 2.92. The van der Waals surface area contributed by atoms with Crippen molar-refractivity contribution in [3.05, 3.63) is 34.9 Å². The Bertz CT molecular complexity index is 438. The molecular weight excluding hydrogens is 216 g/mol. The maximum atomic E-state index is 13.0. The molecule has 2 rings (SSSR count). The number of aryl methyl sites for hydroxylation is 1. The number of fused-ring (bicyclic) bond motifs is 1. The Labute approximate surface area is 91.8 Å². The highest BCUT2D eigenvalue weighted by Crippen LogP contribution is 2.25. The third kappa shape index (κ3) is 2.11. The van der Waals surface area contributed by atoms with Gasteiger partial charge in [-0.05, 0) is 54.7 Å². The highest BCUT2D eigenvalue weighted by atomic mass is 32.1. The van der Waals surface area contributed by atoms with Crippen molar-refractivity contribution in [2.75, 3.05) is 0 Å². The molecule has 0 amide bonds. The van der Waals surface area contributed by atoms with E-state index in [-0.39, 0.29) is 6.04 Å².